The Morgan fingerprint density at radius 1 is 1.11 bits per heavy atom. The lowest BCUT2D eigenvalue weighted by Crippen LogP contribution is -2.48. The lowest BCUT2D eigenvalue weighted by molar-refractivity contribution is 0.00950. The Morgan fingerprint density at radius 3 is 2.51 bits per heavy atom. The Morgan fingerprint density at radius 2 is 1.84 bits per heavy atom. The smallest absolute Gasteiger partial charge is 0.410 e. The van der Waals surface area contributed by atoms with E-state index >= 15 is 0 Å². The molecule has 2 aromatic carbocycles. The average Bonchev–Trinajstić information content (AvgIpc) is 3.29. The second-order valence-electron chi connectivity index (χ2n) is 12.1. The van der Waals surface area contributed by atoms with Gasteiger partial charge in [0.2, 0.25) is 0 Å². The third-order valence-corrected chi connectivity index (χ3v) is 7.29. The molecule has 2 N–H and O–H groups in total. The summed E-state index contributed by atoms with van der Waals surface area (Å²) in [5, 5.41) is 12.6. The lowest BCUT2D eigenvalue weighted by atomic mass is 10.0. The summed E-state index contributed by atoms with van der Waals surface area (Å²) < 4.78 is 14.2. The molecule has 2 aromatic heterocycles. The molecule has 12 nitrogen and oxygen atoms in total. The van der Waals surface area contributed by atoms with Gasteiger partial charge in [0, 0.05) is 24.8 Å². The first-order valence-corrected chi connectivity index (χ1v) is 14.8. The number of aliphatic hydroxyl groups excluding tert-OH is 1. The number of rotatable bonds is 8. The highest BCUT2D eigenvalue weighted by atomic mass is 16.6. The number of fused-ring (bicyclic) bond motifs is 1. The van der Waals surface area contributed by atoms with Crippen LogP contribution in [0.2, 0.25) is 0 Å². The quantitative estimate of drug-likeness (QED) is 0.304. The fourth-order valence-corrected chi connectivity index (χ4v) is 5.20. The van der Waals surface area contributed by atoms with E-state index in [1.807, 2.05) is 31.2 Å². The summed E-state index contributed by atoms with van der Waals surface area (Å²) in [6, 6.07) is 15.7. The Hall–Kier alpha value is -4.97. The molecule has 0 saturated heterocycles. The molecule has 236 valence electrons. The number of ether oxygens (including phenoxy) is 2. The number of carbonyl (C=O) groups is 2. The van der Waals surface area contributed by atoms with E-state index in [4.69, 9.17) is 9.47 Å². The van der Waals surface area contributed by atoms with Crippen LogP contribution >= 0.6 is 0 Å². The van der Waals surface area contributed by atoms with Crippen LogP contribution in [0.3, 0.4) is 0 Å². The standard InChI is InChI=1S/C33H38N6O6/c1-21-17-38-28(18-37(21)32(43)45-33(3,4)5)29(39(31(38)42)24-10-12-25(13-11-24)44-19-22(2)40)30(41)35-16-23-8-6-7-9-26(23)27-14-15-34-20-36-27/h6-15,20-22,40H,16-19H2,1-5H3,(H,35,41)/t21?,22-/m1/s1. The molecule has 2 atom stereocenters. The summed E-state index contributed by atoms with van der Waals surface area (Å²) in [6.45, 7) is 9.31. The van der Waals surface area contributed by atoms with Crippen LogP contribution < -0.4 is 15.7 Å². The van der Waals surface area contributed by atoms with E-state index in [0.717, 1.165) is 11.1 Å². The number of aromatic nitrogens is 4. The normalized spacial score (nSPS) is 15.2. The van der Waals surface area contributed by atoms with Gasteiger partial charge in [-0.1, -0.05) is 24.3 Å². The van der Waals surface area contributed by atoms with Crippen molar-refractivity contribution in [2.45, 2.75) is 72.0 Å². The predicted octanol–water partition coefficient (Wildman–Crippen LogP) is 3.92. The van der Waals surface area contributed by atoms with Crippen molar-refractivity contribution < 1.29 is 24.2 Å². The van der Waals surface area contributed by atoms with Crippen molar-refractivity contribution in [3.8, 4) is 22.7 Å². The highest BCUT2D eigenvalue weighted by Crippen LogP contribution is 2.26. The Labute approximate surface area is 261 Å². The van der Waals surface area contributed by atoms with Crippen LogP contribution in [-0.4, -0.2) is 65.5 Å². The molecule has 1 aliphatic heterocycles. The van der Waals surface area contributed by atoms with Gasteiger partial charge in [-0.25, -0.2) is 19.6 Å². The number of amides is 2. The number of nitrogens with zero attached hydrogens (tertiary/aromatic N) is 5. The van der Waals surface area contributed by atoms with Crippen molar-refractivity contribution in [1.29, 1.82) is 0 Å². The van der Waals surface area contributed by atoms with Gasteiger partial charge in [0.25, 0.3) is 5.91 Å². The van der Waals surface area contributed by atoms with Crippen molar-refractivity contribution in [3.05, 3.63) is 94.6 Å². The lowest BCUT2D eigenvalue weighted by Gasteiger charge is -2.35. The molecule has 0 saturated carbocycles. The summed E-state index contributed by atoms with van der Waals surface area (Å²) in [7, 11) is 0. The molecule has 2 amide bonds. The van der Waals surface area contributed by atoms with Crippen molar-refractivity contribution in [3.63, 3.8) is 0 Å². The van der Waals surface area contributed by atoms with Crippen LogP contribution in [0.25, 0.3) is 16.9 Å². The van der Waals surface area contributed by atoms with Gasteiger partial charge < -0.3 is 19.9 Å². The first-order valence-electron chi connectivity index (χ1n) is 14.8. The van der Waals surface area contributed by atoms with E-state index in [0.29, 0.717) is 22.8 Å². The van der Waals surface area contributed by atoms with Crippen LogP contribution in [0.1, 0.15) is 56.4 Å². The highest BCUT2D eigenvalue weighted by Gasteiger charge is 2.36. The molecule has 1 unspecified atom stereocenters. The number of imidazole rings is 1. The van der Waals surface area contributed by atoms with E-state index in [1.54, 1.807) is 73.7 Å². The van der Waals surface area contributed by atoms with E-state index < -0.39 is 29.4 Å². The first-order chi connectivity index (χ1) is 21.4. The van der Waals surface area contributed by atoms with Crippen molar-refractivity contribution in [2.75, 3.05) is 6.61 Å². The first kappa shape index (κ1) is 31.5. The van der Waals surface area contributed by atoms with Gasteiger partial charge in [0.15, 0.2) is 0 Å². The zero-order valence-corrected chi connectivity index (χ0v) is 26.1. The van der Waals surface area contributed by atoms with Gasteiger partial charge in [0.1, 0.15) is 30.0 Å². The van der Waals surface area contributed by atoms with Crippen molar-refractivity contribution in [2.24, 2.45) is 0 Å². The monoisotopic (exact) mass is 614 g/mol. The van der Waals surface area contributed by atoms with Gasteiger partial charge in [-0.3, -0.25) is 18.8 Å². The molecule has 0 radical (unpaired) electrons. The predicted molar refractivity (Wildman–Crippen MR) is 167 cm³/mol. The summed E-state index contributed by atoms with van der Waals surface area (Å²) in [5.41, 5.74) is 2.25. The minimum Gasteiger partial charge on any atom is -0.491 e. The Bertz CT molecular complexity index is 1720. The molecule has 0 bridgehead atoms. The fourth-order valence-electron chi connectivity index (χ4n) is 5.20. The van der Waals surface area contributed by atoms with Gasteiger partial charge in [-0.2, -0.15) is 0 Å². The van der Waals surface area contributed by atoms with E-state index in [-0.39, 0.29) is 38.0 Å². The SMILES string of the molecule is CC1Cn2c(c(C(=O)NCc3ccccc3-c3ccncn3)n(-c3ccc(OC[C@@H](C)O)cc3)c2=O)CN1C(=O)OC(C)(C)C. The van der Waals surface area contributed by atoms with Crippen LogP contribution in [0, 0.1) is 0 Å². The number of hydrogen-bond donors (Lipinski definition) is 2. The van der Waals surface area contributed by atoms with E-state index in [2.05, 4.69) is 15.3 Å². The second-order valence-corrected chi connectivity index (χ2v) is 12.1. The summed E-state index contributed by atoms with van der Waals surface area (Å²) >= 11 is 0. The Kier molecular flexibility index (Phi) is 9.05. The number of carbonyl (C=O) groups excluding carboxylic acids is 2. The molecule has 4 aromatic rings. The van der Waals surface area contributed by atoms with Crippen LogP contribution in [0.4, 0.5) is 4.79 Å². The maximum atomic E-state index is 14.1. The minimum atomic E-state index is -0.714. The van der Waals surface area contributed by atoms with Crippen molar-refractivity contribution in [1.82, 2.24) is 29.3 Å². The highest BCUT2D eigenvalue weighted by molar-refractivity contribution is 5.94. The summed E-state index contributed by atoms with van der Waals surface area (Å²) in [6.07, 6.45) is 1.96. The molecular weight excluding hydrogens is 576 g/mol. The fraction of sp³-hybridized carbons (Fsp3) is 0.364. The average molecular weight is 615 g/mol. The molecule has 0 fully saturated rings. The van der Waals surface area contributed by atoms with Gasteiger partial charge in [-0.05, 0) is 70.5 Å². The number of aliphatic hydroxyl groups is 1. The molecule has 3 heterocycles. The van der Waals surface area contributed by atoms with Gasteiger partial charge in [-0.15, -0.1) is 0 Å². The molecule has 5 rings (SSSR count). The topological polar surface area (TPSA) is 141 Å². The number of benzene rings is 2. The van der Waals surface area contributed by atoms with Gasteiger partial charge in [0.05, 0.1) is 35.8 Å². The Balaban J connectivity index is 1.52. The van der Waals surface area contributed by atoms with Crippen molar-refractivity contribution >= 4 is 12.0 Å². The maximum absolute atomic E-state index is 14.1. The largest absolute Gasteiger partial charge is 0.491 e. The third-order valence-electron chi connectivity index (χ3n) is 7.29. The van der Waals surface area contributed by atoms with E-state index in [9.17, 15) is 19.5 Å². The molecule has 0 aliphatic carbocycles. The van der Waals surface area contributed by atoms with Gasteiger partial charge >= 0.3 is 11.8 Å². The van der Waals surface area contributed by atoms with Crippen LogP contribution in [0.5, 0.6) is 5.75 Å². The molecule has 12 heteroatoms. The van der Waals surface area contributed by atoms with Crippen LogP contribution in [-0.2, 0) is 24.4 Å². The van der Waals surface area contributed by atoms with Crippen LogP contribution in [0.15, 0.2) is 71.9 Å². The molecule has 0 spiro atoms. The zero-order chi connectivity index (χ0) is 32.3. The minimum absolute atomic E-state index is 0.00811. The number of hydrogen-bond acceptors (Lipinski definition) is 8. The number of nitrogens with one attached hydrogen (secondary N) is 1. The second kappa shape index (κ2) is 12.9. The van der Waals surface area contributed by atoms with E-state index in [1.165, 1.54) is 10.9 Å². The summed E-state index contributed by atoms with van der Waals surface area (Å²) in [4.78, 5) is 51.1. The molecule has 1 aliphatic rings. The summed E-state index contributed by atoms with van der Waals surface area (Å²) in [5.74, 6) is 0.0280. The maximum Gasteiger partial charge on any atom is 0.410 e. The molecule has 45 heavy (non-hydrogen) atoms. The zero-order valence-electron chi connectivity index (χ0n) is 26.1. The molecular formula is C33H38N6O6. The third kappa shape index (κ3) is 7.07.